The smallest absolute Gasteiger partial charge is 0.315 e. The Labute approximate surface area is 120 Å². The van der Waals surface area contributed by atoms with Crippen molar-refractivity contribution in [3.8, 4) is 11.3 Å². The summed E-state index contributed by atoms with van der Waals surface area (Å²) in [5.41, 5.74) is 7.71. The highest BCUT2D eigenvalue weighted by atomic mass is 16.5. The molecule has 0 bridgehead atoms. The van der Waals surface area contributed by atoms with Gasteiger partial charge in [0.2, 0.25) is 0 Å². The van der Waals surface area contributed by atoms with Crippen molar-refractivity contribution in [2.45, 2.75) is 6.92 Å². The molecule has 3 aromatic rings. The zero-order valence-corrected chi connectivity index (χ0v) is 11.3. The highest BCUT2D eigenvalue weighted by molar-refractivity contribution is 6.03. The molecule has 0 atom stereocenters. The number of nitrogens with two attached hydrogens (primary N) is 1. The zero-order valence-electron chi connectivity index (χ0n) is 11.3. The fourth-order valence-electron chi connectivity index (χ4n) is 2.27. The minimum atomic E-state index is -0.768. The van der Waals surface area contributed by atoms with Gasteiger partial charge in [-0.2, -0.15) is 4.73 Å². The molecule has 0 saturated carbocycles. The molecule has 0 spiro atoms. The van der Waals surface area contributed by atoms with E-state index in [1.807, 2.05) is 13.0 Å². The molecule has 21 heavy (non-hydrogen) atoms. The molecule has 6 heteroatoms. The van der Waals surface area contributed by atoms with Crippen molar-refractivity contribution in [3.05, 3.63) is 59.5 Å². The number of carbonyl (C=O) groups excluding carboxylic acids is 1. The molecule has 0 aliphatic heterocycles. The first-order chi connectivity index (χ1) is 10.1. The zero-order chi connectivity index (χ0) is 15.0. The van der Waals surface area contributed by atoms with Crippen molar-refractivity contribution in [1.82, 2.24) is 9.97 Å². The summed E-state index contributed by atoms with van der Waals surface area (Å²) in [6, 6.07) is 5.16. The Morgan fingerprint density at radius 1 is 1.33 bits per heavy atom. The average molecular weight is 280 g/mol. The van der Waals surface area contributed by atoms with Crippen LogP contribution < -0.4 is 10.5 Å². The molecular formula is C15H12N4O2. The first kappa shape index (κ1) is 13.0. The number of aryl methyl sites for hydroxylation is 1. The van der Waals surface area contributed by atoms with Crippen LogP contribution in [0.2, 0.25) is 0 Å². The number of carbonyl (C=O) groups is 1. The summed E-state index contributed by atoms with van der Waals surface area (Å²) in [6.45, 7) is 1.94. The number of amides is 1. The van der Waals surface area contributed by atoms with Crippen LogP contribution in [0.15, 0.2) is 43.0 Å². The topological polar surface area (TPSA) is 95.8 Å². The van der Waals surface area contributed by atoms with Crippen molar-refractivity contribution in [2.75, 3.05) is 0 Å². The number of nitrogens with zero attached hydrogens (tertiary/aromatic N) is 3. The normalized spacial score (nSPS) is 10.7. The highest BCUT2D eigenvalue weighted by Gasteiger charge is 2.18. The molecular weight excluding hydrogens is 268 g/mol. The first-order valence-electron chi connectivity index (χ1n) is 6.30. The van der Waals surface area contributed by atoms with Gasteiger partial charge in [-0.15, -0.1) is 0 Å². The van der Waals surface area contributed by atoms with Crippen LogP contribution in [0.25, 0.3) is 22.0 Å². The van der Waals surface area contributed by atoms with Gasteiger partial charge in [-0.05, 0) is 24.6 Å². The van der Waals surface area contributed by atoms with Gasteiger partial charge < -0.3 is 10.9 Å². The fraction of sp³-hybridized carbons (Fsp3) is 0.0667. The third kappa shape index (κ3) is 2.16. The second kappa shape index (κ2) is 4.82. The van der Waals surface area contributed by atoms with E-state index in [-0.39, 0.29) is 5.69 Å². The van der Waals surface area contributed by atoms with Crippen LogP contribution in [0.3, 0.4) is 0 Å². The van der Waals surface area contributed by atoms with Gasteiger partial charge in [-0.3, -0.25) is 14.8 Å². The van der Waals surface area contributed by atoms with Crippen LogP contribution in [0.4, 0.5) is 0 Å². The highest BCUT2D eigenvalue weighted by Crippen LogP contribution is 2.24. The maximum Gasteiger partial charge on any atom is 0.315 e. The molecule has 2 N–H and O–H groups in total. The quantitative estimate of drug-likeness (QED) is 0.566. The predicted octanol–water partition coefficient (Wildman–Crippen LogP) is 1.34. The van der Waals surface area contributed by atoms with E-state index in [0.29, 0.717) is 21.2 Å². The molecule has 0 aromatic carbocycles. The lowest BCUT2D eigenvalue weighted by atomic mass is 10.0. The summed E-state index contributed by atoms with van der Waals surface area (Å²) in [5.74, 6) is -0.768. The summed E-state index contributed by atoms with van der Waals surface area (Å²) >= 11 is 0. The van der Waals surface area contributed by atoms with E-state index in [1.165, 1.54) is 6.20 Å². The monoisotopic (exact) mass is 280 g/mol. The van der Waals surface area contributed by atoms with E-state index in [4.69, 9.17) is 5.73 Å². The lowest BCUT2D eigenvalue weighted by Crippen LogP contribution is -2.37. The molecule has 0 aliphatic rings. The van der Waals surface area contributed by atoms with E-state index in [2.05, 4.69) is 9.97 Å². The third-order valence-electron chi connectivity index (χ3n) is 3.35. The van der Waals surface area contributed by atoms with Crippen LogP contribution in [0.1, 0.15) is 16.1 Å². The van der Waals surface area contributed by atoms with Gasteiger partial charge in [-0.1, -0.05) is 0 Å². The Morgan fingerprint density at radius 2 is 2.14 bits per heavy atom. The average Bonchev–Trinajstić information content (AvgIpc) is 2.46. The molecule has 3 aromatic heterocycles. The largest absolute Gasteiger partial charge is 0.618 e. The van der Waals surface area contributed by atoms with Gasteiger partial charge in [0.05, 0.1) is 11.1 Å². The Balaban J connectivity index is 2.31. The summed E-state index contributed by atoms with van der Waals surface area (Å²) in [5, 5.41) is 12.9. The van der Waals surface area contributed by atoms with Crippen molar-refractivity contribution in [3.63, 3.8) is 0 Å². The molecule has 0 radical (unpaired) electrons. The van der Waals surface area contributed by atoms with E-state index in [0.717, 1.165) is 11.1 Å². The van der Waals surface area contributed by atoms with Crippen LogP contribution in [0, 0.1) is 12.1 Å². The number of fused-ring (bicyclic) bond motifs is 1. The molecule has 0 unspecified atom stereocenters. The van der Waals surface area contributed by atoms with Crippen molar-refractivity contribution in [2.24, 2.45) is 5.73 Å². The van der Waals surface area contributed by atoms with Gasteiger partial charge in [-0.25, -0.2) is 0 Å². The minimum Gasteiger partial charge on any atom is -0.618 e. The Kier molecular flexibility index (Phi) is 2.98. The fourth-order valence-corrected chi connectivity index (χ4v) is 2.27. The number of hydrogen-bond donors (Lipinski definition) is 1. The number of hydrogen-bond acceptors (Lipinski definition) is 4. The SMILES string of the molecule is Cc1ccncc1-c1cc2c(C(N)=O)[n+]([O-])ccc2cn1. The van der Waals surface area contributed by atoms with Crippen LogP contribution in [-0.4, -0.2) is 15.9 Å². The third-order valence-corrected chi connectivity index (χ3v) is 3.35. The lowest BCUT2D eigenvalue weighted by molar-refractivity contribution is -0.606. The van der Waals surface area contributed by atoms with E-state index < -0.39 is 5.91 Å². The maximum absolute atomic E-state index is 11.8. The van der Waals surface area contributed by atoms with E-state index in [9.17, 15) is 10.0 Å². The molecule has 6 nitrogen and oxygen atoms in total. The molecule has 0 saturated heterocycles. The number of primary amides is 1. The van der Waals surface area contributed by atoms with Gasteiger partial charge in [0.25, 0.3) is 5.69 Å². The molecule has 0 fully saturated rings. The van der Waals surface area contributed by atoms with Gasteiger partial charge in [0, 0.05) is 35.6 Å². The Morgan fingerprint density at radius 3 is 2.86 bits per heavy atom. The number of rotatable bonds is 2. The van der Waals surface area contributed by atoms with E-state index in [1.54, 1.807) is 30.7 Å². The summed E-state index contributed by atoms with van der Waals surface area (Å²) in [7, 11) is 0. The second-order valence-corrected chi connectivity index (χ2v) is 4.70. The second-order valence-electron chi connectivity index (χ2n) is 4.70. The molecule has 104 valence electrons. The van der Waals surface area contributed by atoms with Crippen molar-refractivity contribution < 1.29 is 9.52 Å². The summed E-state index contributed by atoms with van der Waals surface area (Å²) in [6.07, 6.45) is 6.25. The van der Waals surface area contributed by atoms with Crippen molar-refractivity contribution >= 4 is 16.7 Å². The predicted molar refractivity (Wildman–Crippen MR) is 77.2 cm³/mol. The van der Waals surface area contributed by atoms with Gasteiger partial charge >= 0.3 is 5.91 Å². The van der Waals surface area contributed by atoms with Crippen LogP contribution >= 0.6 is 0 Å². The van der Waals surface area contributed by atoms with Crippen LogP contribution in [-0.2, 0) is 0 Å². The van der Waals surface area contributed by atoms with E-state index >= 15 is 0 Å². The standard InChI is InChI=1S/C15H12N4O2/c1-9-2-4-17-8-12(9)13-6-11-10(7-18-13)3-5-19(21)14(11)15(16)20/h2-8H,1H3,(H2,16,20). The lowest BCUT2D eigenvalue weighted by Gasteiger charge is -2.08. The Hall–Kier alpha value is -3.02. The number of pyridine rings is 3. The molecule has 3 heterocycles. The molecule has 3 rings (SSSR count). The summed E-state index contributed by atoms with van der Waals surface area (Å²) in [4.78, 5) is 20.0. The van der Waals surface area contributed by atoms with Crippen LogP contribution in [0.5, 0.6) is 0 Å². The Bertz CT molecular complexity index is 861. The summed E-state index contributed by atoms with van der Waals surface area (Å²) < 4.78 is 0.477. The van der Waals surface area contributed by atoms with Gasteiger partial charge in [0.15, 0.2) is 6.20 Å². The number of aromatic nitrogens is 3. The maximum atomic E-state index is 11.8. The van der Waals surface area contributed by atoms with Gasteiger partial charge in [0.1, 0.15) is 0 Å². The molecule has 0 aliphatic carbocycles. The van der Waals surface area contributed by atoms with Crippen molar-refractivity contribution in [1.29, 1.82) is 0 Å². The minimum absolute atomic E-state index is 0.0855. The first-order valence-corrected chi connectivity index (χ1v) is 6.30. The molecule has 1 amide bonds.